The molecular weight excluding hydrogens is 243 g/mol. The van der Waals surface area contributed by atoms with Crippen molar-refractivity contribution in [3.63, 3.8) is 0 Å². The van der Waals surface area contributed by atoms with Crippen LogP contribution in [0.25, 0.3) is 0 Å². The van der Waals surface area contributed by atoms with Gasteiger partial charge in [-0.1, -0.05) is 23.2 Å². The lowest BCUT2D eigenvalue weighted by molar-refractivity contribution is 0.207. The van der Waals surface area contributed by atoms with E-state index in [1.54, 1.807) is 0 Å². The van der Waals surface area contributed by atoms with Crippen molar-refractivity contribution in [1.82, 2.24) is 5.32 Å². The fourth-order valence-electron chi connectivity index (χ4n) is 1.94. The molecule has 16 heavy (non-hydrogen) atoms. The van der Waals surface area contributed by atoms with Crippen molar-refractivity contribution in [2.75, 3.05) is 5.73 Å². The van der Waals surface area contributed by atoms with Crippen molar-refractivity contribution in [3.05, 3.63) is 27.7 Å². The number of hydrogen-bond acceptors (Lipinski definition) is 2. The molecule has 0 atom stereocenters. The third-order valence-corrected chi connectivity index (χ3v) is 3.94. The molecule has 0 unspecified atom stereocenters. The first-order chi connectivity index (χ1) is 7.50. The van der Waals surface area contributed by atoms with Gasteiger partial charge in [0.1, 0.15) is 0 Å². The molecule has 0 saturated heterocycles. The number of rotatable bonds is 3. The van der Waals surface area contributed by atoms with E-state index in [0.717, 1.165) is 12.1 Å². The van der Waals surface area contributed by atoms with E-state index in [1.807, 2.05) is 12.1 Å². The van der Waals surface area contributed by atoms with E-state index < -0.39 is 0 Å². The quantitative estimate of drug-likeness (QED) is 0.814. The fraction of sp³-hybridized carbons (Fsp3) is 0.500. The monoisotopic (exact) mass is 258 g/mol. The van der Waals surface area contributed by atoms with E-state index in [0.29, 0.717) is 21.3 Å². The highest BCUT2D eigenvalue weighted by molar-refractivity contribution is 6.38. The van der Waals surface area contributed by atoms with E-state index in [1.165, 1.54) is 19.3 Å². The van der Waals surface area contributed by atoms with E-state index in [9.17, 15) is 0 Å². The van der Waals surface area contributed by atoms with E-state index >= 15 is 0 Å². The minimum atomic E-state index is 0.292. The van der Waals surface area contributed by atoms with Crippen molar-refractivity contribution in [1.29, 1.82) is 0 Å². The molecule has 2 rings (SSSR count). The van der Waals surface area contributed by atoms with Gasteiger partial charge in [0.25, 0.3) is 0 Å². The van der Waals surface area contributed by atoms with Gasteiger partial charge in [-0.25, -0.2) is 0 Å². The molecule has 88 valence electrons. The van der Waals surface area contributed by atoms with Crippen LogP contribution >= 0.6 is 23.2 Å². The van der Waals surface area contributed by atoms with Gasteiger partial charge < -0.3 is 11.1 Å². The Hall–Kier alpha value is -0.440. The maximum Gasteiger partial charge on any atom is 0.0693 e. The van der Waals surface area contributed by atoms with Crippen LogP contribution < -0.4 is 11.1 Å². The van der Waals surface area contributed by atoms with Crippen LogP contribution in [-0.4, -0.2) is 5.54 Å². The van der Waals surface area contributed by atoms with Crippen molar-refractivity contribution >= 4 is 28.9 Å². The lowest BCUT2D eigenvalue weighted by Crippen LogP contribution is -2.47. The molecule has 0 spiro atoms. The Balaban J connectivity index is 2.04. The number of halogens is 2. The summed E-state index contributed by atoms with van der Waals surface area (Å²) in [4.78, 5) is 0. The molecule has 0 aliphatic heterocycles. The maximum atomic E-state index is 5.98. The summed E-state index contributed by atoms with van der Waals surface area (Å²) < 4.78 is 0. The Morgan fingerprint density at radius 3 is 2.31 bits per heavy atom. The first-order valence-electron chi connectivity index (χ1n) is 5.49. The third kappa shape index (κ3) is 2.45. The number of nitrogen functional groups attached to an aromatic ring is 1. The topological polar surface area (TPSA) is 38.0 Å². The minimum Gasteiger partial charge on any atom is -0.396 e. The molecule has 1 saturated carbocycles. The SMILES string of the molecule is CC1(NCc2cc(Cl)c(N)c(Cl)c2)CCC1. The number of benzene rings is 1. The maximum absolute atomic E-state index is 5.98. The van der Waals surface area contributed by atoms with Gasteiger partial charge >= 0.3 is 0 Å². The van der Waals surface area contributed by atoms with Gasteiger partial charge in [-0.15, -0.1) is 0 Å². The molecular formula is C12H16Cl2N2. The van der Waals surface area contributed by atoms with Crippen molar-refractivity contribution in [2.24, 2.45) is 0 Å². The van der Waals surface area contributed by atoms with Crippen LogP contribution in [0.15, 0.2) is 12.1 Å². The van der Waals surface area contributed by atoms with E-state index in [2.05, 4.69) is 12.2 Å². The second-order valence-electron chi connectivity index (χ2n) is 4.74. The van der Waals surface area contributed by atoms with Crippen LogP contribution in [0.3, 0.4) is 0 Å². The second-order valence-corrected chi connectivity index (χ2v) is 5.56. The predicted octanol–water partition coefficient (Wildman–Crippen LogP) is 3.61. The zero-order valence-corrected chi connectivity index (χ0v) is 10.8. The molecule has 1 fully saturated rings. The summed E-state index contributed by atoms with van der Waals surface area (Å²) >= 11 is 12.0. The van der Waals surface area contributed by atoms with E-state index in [4.69, 9.17) is 28.9 Å². The molecule has 1 aliphatic rings. The second kappa shape index (κ2) is 4.44. The van der Waals surface area contributed by atoms with Crippen LogP contribution in [0.5, 0.6) is 0 Å². The van der Waals surface area contributed by atoms with Crippen molar-refractivity contribution in [3.8, 4) is 0 Å². The highest BCUT2D eigenvalue weighted by Crippen LogP contribution is 2.32. The summed E-state index contributed by atoms with van der Waals surface area (Å²) in [6.45, 7) is 3.03. The molecule has 3 N–H and O–H groups in total. The van der Waals surface area contributed by atoms with Gasteiger partial charge in [0, 0.05) is 12.1 Å². The van der Waals surface area contributed by atoms with Crippen LogP contribution in [0.1, 0.15) is 31.7 Å². The fourth-order valence-corrected chi connectivity index (χ4v) is 2.47. The van der Waals surface area contributed by atoms with Gasteiger partial charge in [-0.3, -0.25) is 0 Å². The largest absolute Gasteiger partial charge is 0.396 e. The van der Waals surface area contributed by atoms with Crippen LogP contribution in [0, 0.1) is 0 Å². The molecule has 0 heterocycles. The molecule has 2 nitrogen and oxygen atoms in total. The lowest BCUT2D eigenvalue weighted by Gasteiger charge is -2.39. The summed E-state index contributed by atoms with van der Waals surface area (Å²) in [5.74, 6) is 0. The summed E-state index contributed by atoms with van der Waals surface area (Å²) in [5.41, 5.74) is 7.52. The molecule has 1 aliphatic carbocycles. The van der Waals surface area contributed by atoms with Crippen molar-refractivity contribution in [2.45, 2.75) is 38.3 Å². The predicted molar refractivity (Wildman–Crippen MR) is 70.0 cm³/mol. The molecule has 0 radical (unpaired) electrons. The molecule has 0 aromatic heterocycles. The zero-order valence-electron chi connectivity index (χ0n) is 9.32. The molecule has 1 aromatic carbocycles. The summed E-state index contributed by atoms with van der Waals surface area (Å²) in [7, 11) is 0. The van der Waals surface area contributed by atoms with Gasteiger partial charge in [0.05, 0.1) is 15.7 Å². The summed E-state index contributed by atoms with van der Waals surface area (Å²) in [6.07, 6.45) is 3.79. The highest BCUT2D eigenvalue weighted by Gasteiger charge is 2.30. The number of hydrogen-bond donors (Lipinski definition) is 2. The van der Waals surface area contributed by atoms with Crippen LogP contribution in [0.2, 0.25) is 10.0 Å². The standard InChI is InChI=1S/C12H16Cl2N2/c1-12(3-2-4-12)16-7-8-5-9(13)11(15)10(14)6-8/h5-6,16H,2-4,7,15H2,1H3. The zero-order chi connectivity index (χ0) is 11.8. The molecule has 0 amide bonds. The van der Waals surface area contributed by atoms with Gasteiger partial charge in [0.15, 0.2) is 0 Å². The molecule has 0 bridgehead atoms. The highest BCUT2D eigenvalue weighted by atomic mass is 35.5. The van der Waals surface area contributed by atoms with Gasteiger partial charge in [-0.2, -0.15) is 0 Å². The first kappa shape index (κ1) is 12.0. The number of anilines is 1. The Morgan fingerprint density at radius 1 is 1.31 bits per heavy atom. The van der Waals surface area contributed by atoms with Crippen LogP contribution in [-0.2, 0) is 6.54 Å². The van der Waals surface area contributed by atoms with Crippen molar-refractivity contribution < 1.29 is 0 Å². The Morgan fingerprint density at radius 2 is 1.88 bits per heavy atom. The Labute approximate surface area is 106 Å². The Kier molecular flexibility index (Phi) is 3.34. The number of nitrogens with two attached hydrogens (primary N) is 1. The van der Waals surface area contributed by atoms with E-state index in [-0.39, 0.29) is 0 Å². The van der Waals surface area contributed by atoms with Gasteiger partial charge in [0.2, 0.25) is 0 Å². The van der Waals surface area contributed by atoms with Crippen LogP contribution in [0.4, 0.5) is 5.69 Å². The summed E-state index contributed by atoms with van der Waals surface area (Å²) in [5, 5.41) is 4.59. The van der Waals surface area contributed by atoms with Gasteiger partial charge in [-0.05, 0) is 43.9 Å². The number of nitrogens with one attached hydrogen (secondary N) is 1. The minimum absolute atomic E-state index is 0.292. The molecule has 1 aromatic rings. The molecule has 4 heteroatoms. The normalized spacial score (nSPS) is 18.2. The Bertz CT molecular complexity index is 377. The first-order valence-corrected chi connectivity index (χ1v) is 6.24. The summed E-state index contributed by atoms with van der Waals surface area (Å²) in [6, 6.07) is 3.75. The third-order valence-electron chi connectivity index (χ3n) is 3.32. The average molecular weight is 259 g/mol. The smallest absolute Gasteiger partial charge is 0.0693 e. The average Bonchev–Trinajstić information content (AvgIpc) is 2.20. The lowest BCUT2D eigenvalue weighted by atomic mass is 9.78.